The molecule has 1 fully saturated rings. The van der Waals surface area contributed by atoms with E-state index in [9.17, 15) is 9.59 Å². The van der Waals surface area contributed by atoms with Gasteiger partial charge in [-0.05, 0) is 18.3 Å². The van der Waals surface area contributed by atoms with Gasteiger partial charge in [-0.1, -0.05) is 13.8 Å². The molecule has 0 aromatic carbocycles. The molecule has 1 amide bonds. The third-order valence-electron chi connectivity index (χ3n) is 3.06. The minimum atomic E-state index is -1.02. The Kier molecular flexibility index (Phi) is 5.95. The van der Waals surface area contributed by atoms with Crippen molar-refractivity contribution in [3.8, 4) is 0 Å². The predicted octanol–water partition coefficient (Wildman–Crippen LogP) is 0.636. The summed E-state index contributed by atoms with van der Waals surface area (Å²) in [7, 11) is 0. The molecule has 1 heterocycles. The highest BCUT2D eigenvalue weighted by Crippen LogP contribution is 2.21. The van der Waals surface area contributed by atoms with Crippen LogP contribution < -0.4 is 5.73 Å². The molecular formula is C12H22N2O3S. The number of nitrogens with two attached hydrogens (primary N) is 1. The highest BCUT2D eigenvalue weighted by Gasteiger charge is 2.25. The van der Waals surface area contributed by atoms with Gasteiger partial charge in [0.15, 0.2) is 0 Å². The van der Waals surface area contributed by atoms with Gasteiger partial charge in [-0.3, -0.25) is 9.59 Å². The van der Waals surface area contributed by atoms with E-state index in [0.29, 0.717) is 17.6 Å². The molecular weight excluding hydrogens is 252 g/mol. The third kappa shape index (κ3) is 4.86. The van der Waals surface area contributed by atoms with Crippen molar-refractivity contribution in [2.75, 3.05) is 24.6 Å². The summed E-state index contributed by atoms with van der Waals surface area (Å²) in [6.07, 6.45) is 1.17. The summed E-state index contributed by atoms with van der Waals surface area (Å²) in [6.45, 7) is 5.94. The first kappa shape index (κ1) is 15.3. The van der Waals surface area contributed by atoms with E-state index in [1.807, 2.05) is 4.90 Å². The number of aliphatic carboxylic acids is 1. The highest BCUT2D eigenvalue weighted by molar-refractivity contribution is 8.00. The zero-order chi connectivity index (χ0) is 13.7. The predicted molar refractivity (Wildman–Crippen MR) is 72.5 cm³/mol. The normalized spacial score (nSPS) is 25.8. The standard InChI is InChI=1S/C12H22N2O3S/c1-8-3-9(2)5-14(4-8)11(15)7-18-6-10(13)12(16)17/h8-10H,3-7,13H2,1-2H3,(H,16,17). The Bertz CT molecular complexity index is 302. The lowest BCUT2D eigenvalue weighted by Gasteiger charge is -2.35. The molecule has 0 aliphatic carbocycles. The molecule has 3 unspecified atom stereocenters. The van der Waals surface area contributed by atoms with E-state index in [2.05, 4.69) is 13.8 Å². The van der Waals surface area contributed by atoms with Crippen molar-refractivity contribution in [3.05, 3.63) is 0 Å². The van der Waals surface area contributed by atoms with Gasteiger partial charge in [0, 0.05) is 18.8 Å². The SMILES string of the molecule is CC1CC(C)CN(C(=O)CSCC(N)C(=O)O)C1. The Balaban J connectivity index is 2.30. The highest BCUT2D eigenvalue weighted by atomic mass is 32.2. The molecule has 0 bridgehead atoms. The number of thioether (sulfide) groups is 1. The minimum Gasteiger partial charge on any atom is -0.480 e. The third-order valence-corrected chi connectivity index (χ3v) is 4.11. The van der Waals surface area contributed by atoms with Crippen molar-refractivity contribution in [1.82, 2.24) is 4.90 Å². The molecule has 0 spiro atoms. The molecule has 0 aromatic heterocycles. The number of likely N-dealkylation sites (tertiary alicyclic amines) is 1. The zero-order valence-corrected chi connectivity index (χ0v) is 11.8. The van der Waals surface area contributed by atoms with Crippen molar-refractivity contribution < 1.29 is 14.7 Å². The Hall–Kier alpha value is -0.750. The molecule has 3 N–H and O–H groups in total. The van der Waals surface area contributed by atoms with E-state index < -0.39 is 12.0 Å². The number of nitrogens with zero attached hydrogens (tertiary/aromatic N) is 1. The van der Waals surface area contributed by atoms with Crippen LogP contribution in [0, 0.1) is 11.8 Å². The number of hydrogen-bond acceptors (Lipinski definition) is 4. The van der Waals surface area contributed by atoms with Crippen LogP contribution in [0.25, 0.3) is 0 Å². The van der Waals surface area contributed by atoms with Gasteiger partial charge in [-0.15, -0.1) is 11.8 Å². The van der Waals surface area contributed by atoms with Crippen molar-refractivity contribution in [3.63, 3.8) is 0 Å². The molecule has 5 nitrogen and oxygen atoms in total. The lowest BCUT2D eigenvalue weighted by atomic mass is 9.92. The van der Waals surface area contributed by atoms with Crippen LogP contribution in [0.2, 0.25) is 0 Å². The Labute approximate surface area is 112 Å². The largest absolute Gasteiger partial charge is 0.480 e. The molecule has 1 aliphatic heterocycles. The minimum absolute atomic E-state index is 0.0935. The average Bonchev–Trinajstić information content (AvgIpc) is 2.27. The lowest BCUT2D eigenvalue weighted by molar-refractivity contribution is -0.138. The van der Waals surface area contributed by atoms with Gasteiger partial charge in [0.05, 0.1) is 5.75 Å². The fourth-order valence-electron chi connectivity index (χ4n) is 2.30. The van der Waals surface area contributed by atoms with Gasteiger partial charge in [0.1, 0.15) is 6.04 Å². The molecule has 3 atom stereocenters. The fourth-order valence-corrected chi connectivity index (χ4v) is 3.17. The van der Waals surface area contributed by atoms with Crippen molar-refractivity contribution in [2.45, 2.75) is 26.3 Å². The quantitative estimate of drug-likeness (QED) is 0.768. The van der Waals surface area contributed by atoms with E-state index in [1.54, 1.807) is 0 Å². The fraction of sp³-hybridized carbons (Fsp3) is 0.833. The number of carboxylic acids is 1. The van der Waals surface area contributed by atoms with Gasteiger partial charge in [-0.25, -0.2) is 0 Å². The smallest absolute Gasteiger partial charge is 0.321 e. The maximum atomic E-state index is 12.0. The van der Waals surface area contributed by atoms with E-state index in [1.165, 1.54) is 18.2 Å². The van der Waals surface area contributed by atoms with Crippen LogP contribution in [0.4, 0.5) is 0 Å². The molecule has 0 aromatic rings. The maximum absolute atomic E-state index is 12.0. The number of carbonyl (C=O) groups excluding carboxylic acids is 1. The van der Waals surface area contributed by atoms with Crippen LogP contribution >= 0.6 is 11.8 Å². The maximum Gasteiger partial charge on any atom is 0.321 e. The Morgan fingerprint density at radius 1 is 1.39 bits per heavy atom. The monoisotopic (exact) mass is 274 g/mol. The molecule has 1 saturated heterocycles. The Morgan fingerprint density at radius 3 is 2.44 bits per heavy atom. The van der Waals surface area contributed by atoms with Gasteiger partial charge >= 0.3 is 5.97 Å². The number of piperidine rings is 1. The summed E-state index contributed by atoms with van der Waals surface area (Å²) in [6, 6.07) is -0.887. The molecule has 1 rings (SSSR count). The molecule has 6 heteroatoms. The van der Waals surface area contributed by atoms with Crippen LogP contribution in [0.15, 0.2) is 0 Å². The Morgan fingerprint density at radius 2 is 1.94 bits per heavy atom. The molecule has 104 valence electrons. The average molecular weight is 274 g/mol. The number of carboxylic acid groups (broad SMARTS) is 1. The number of carbonyl (C=O) groups is 2. The van der Waals surface area contributed by atoms with Crippen LogP contribution in [0.1, 0.15) is 20.3 Å². The van der Waals surface area contributed by atoms with Gasteiger partial charge < -0.3 is 15.7 Å². The molecule has 1 aliphatic rings. The van der Waals surface area contributed by atoms with Gasteiger partial charge in [0.25, 0.3) is 0 Å². The summed E-state index contributed by atoms with van der Waals surface area (Å²) < 4.78 is 0. The van der Waals surface area contributed by atoms with E-state index in [0.717, 1.165) is 13.1 Å². The lowest BCUT2D eigenvalue weighted by Crippen LogP contribution is -2.43. The van der Waals surface area contributed by atoms with E-state index in [4.69, 9.17) is 10.8 Å². The second-order valence-corrected chi connectivity index (χ2v) is 6.23. The summed E-state index contributed by atoms with van der Waals surface area (Å²) >= 11 is 1.30. The topological polar surface area (TPSA) is 83.6 Å². The van der Waals surface area contributed by atoms with E-state index in [-0.39, 0.29) is 11.7 Å². The summed E-state index contributed by atoms with van der Waals surface area (Å²) in [5.41, 5.74) is 5.38. The summed E-state index contributed by atoms with van der Waals surface area (Å²) in [4.78, 5) is 24.4. The number of hydrogen-bond donors (Lipinski definition) is 2. The van der Waals surface area contributed by atoms with Crippen LogP contribution in [0.3, 0.4) is 0 Å². The second kappa shape index (κ2) is 6.99. The zero-order valence-electron chi connectivity index (χ0n) is 11.0. The second-order valence-electron chi connectivity index (χ2n) is 5.20. The molecule has 0 radical (unpaired) electrons. The summed E-state index contributed by atoms with van der Waals surface area (Å²) in [5, 5.41) is 8.63. The van der Waals surface area contributed by atoms with Crippen molar-refractivity contribution in [2.24, 2.45) is 17.6 Å². The van der Waals surface area contributed by atoms with Crippen LogP contribution in [-0.4, -0.2) is 52.5 Å². The van der Waals surface area contributed by atoms with Crippen LogP contribution in [-0.2, 0) is 9.59 Å². The first-order valence-electron chi connectivity index (χ1n) is 6.24. The van der Waals surface area contributed by atoms with Crippen molar-refractivity contribution in [1.29, 1.82) is 0 Å². The number of rotatable bonds is 5. The number of amides is 1. The molecule has 0 saturated carbocycles. The van der Waals surface area contributed by atoms with E-state index >= 15 is 0 Å². The van der Waals surface area contributed by atoms with Gasteiger partial charge in [0.2, 0.25) is 5.91 Å². The van der Waals surface area contributed by atoms with Gasteiger partial charge in [-0.2, -0.15) is 0 Å². The van der Waals surface area contributed by atoms with Crippen LogP contribution in [0.5, 0.6) is 0 Å². The first-order valence-corrected chi connectivity index (χ1v) is 7.39. The molecule has 18 heavy (non-hydrogen) atoms. The van der Waals surface area contributed by atoms with Crippen molar-refractivity contribution >= 4 is 23.6 Å². The first-order chi connectivity index (χ1) is 8.40. The summed E-state index contributed by atoms with van der Waals surface area (Å²) in [5.74, 6) is 0.763.